The van der Waals surface area contributed by atoms with Crippen LogP contribution in [0.15, 0.2) is 0 Å². The van der Waals surface area contributed by atoms with Crippen LogP contribution in [-0.2, 0) is 9.84 Å². The largest absolute Gasteiger partial charge is 0.227 e. The maximum Gasteiger partial charge on any atom is 0.174 e. The van der Waals surface area contributed by atoms with Gasteiger partial charge in [0.2, 0.25) is 0 Å². The molecule has 1 aliphatic carbocycles. The van der Waals surface area contributed by atoms with Gasteiger partial charge in [0.25, 0.3) is 0 Å². The monoisotopic (exact) mass is 187 g/mol. The Kier molecular flexibility index (Phi) is 1.77. The molecule has 0 atom stereocenters. The van der Waals surface area contributed by atoms with Crippen molar-refractivity contribution in [3.8, 4) is 6.07 Å². The molecule has 0 heterocycles. The Balaban J connectivity index is 3.12. The Morgan fingerprint density at radius 1 is 1.42 bits per heavy atom. The topological polar surface area (TPSA) is 57.9 Å². The SMILES string of the molecule is CC(C)(C#N)S(=O)(=O)C1(C)CC1. The highest BCUT2D eigenvalue weighted by atomic mass is 32.2. The first kappa shape index (κ1) is 9.53. The highest BCUT2D eigenvalue weighted by Gasteiger charge is 2.56. The Labute approximate surface area is 73.3 Å². The van der Waals surface area contributed by atoms with Crippen molar-refractivity contribution < 1.29 is 8.42 Å². The minimum absolute atomic E-state index is 0.619. The van der Waals surface area contributed by atoms with Crippen LogP contribution in [0.5, 0.6) is 0 Å². The quantitative estimate of drug-likeness (QED) is 0.653. The third-order valence-electron chi connectivity index (χ3n) is 2.54. The van der Waals surface area contributed by atoms with Gasteiger partial charge in [-0.2, -0.15) is 5.26 Å². The van der Waals surface area contributed by atoms with Gasteiger partial charge in [-0.15, -0.1) is 0 Å². The molecule has 0 unspecified atom stereocenters. The van der Waals surface area contributed by atoms with E-state index in [0.29, 0.717) is 12.8 Å². The van der Waals surface area contributed by atoms with Gasteiger partial charge in [0.15, 0.2) is 14.6 Å². The van der Waals surface area contributed by atoms with Gasteiger partial charge in [-0.1, -0.05) is 0 Å². The summed E-state index contributed by atoms with van der Waals surface area (Å²) in [6, 6.07) is 1.84. The molecule has 0 aliphatic heterocycles. The van der Waals surface area contributed by atoms with Gasteiger partial charge >= 0.3 is 0 Å². The third-order valence-corrected chi connectivity index (χ3v) is 5.68. The lowest BCUT2D eigenvalue weighted by molar-refractivity contribution is 0.559. The van der Waals surface area contributed by atoms with Crippen LogP contribution >= 0.6 is 0 Å². The molecule has 0 amide bonds. The summed E-state index contributed by atoms with van der Waals surface area (Å²) in [5, 5.41) is 8.69. The summed E-state index contributed by atoms with van der Waals surface area (Å²) in [6.07, 6.45) is 1.39. The zero-order valence-corrected chi connectivity index (χ0v) is 8.40. The third kappa shape index (κ3) is 1.04. The van der Waals surface area contributed by atoms with Gasteiger partial charge in [0.1, 0.15) is 0 Å². The second-order valence-electron chi connectivity index (χ2n) is 4.08. The fourth-order valence-corrected chi connectivity index (χ4v) is 3.11. The summed E-state index contributed by atoms with van der Waals surface area (Å²) < 4.78 is 21.6. The van der Waals surface area contributed by atoms with Gasteiger partial charge in [-0.05, 0) is 33.6 Å². The van der Waals surface area contributed by atoms with Crippen molar-refractivity contribution in [2.45, 2.75) is 43.1 Å². The number of nitrogens with zero attached hydrogens (tertiary/aromatic N) is 1. The molecular weight excluding hydrogens is 174 g/mol. The first-order valence-corrected chi connectivity index (χ1v) is 5.41. The lowest BCUT2D eigenvalue weighted by Crippen LogP contribution is -2.38. The fraction of sp³-hybridized carbons (Fsp3) is 0.875. The molecule has 3 nitrogen and oxygen atoms in total. The molecule has 0 aromatic heterocycles. The van der Waals surface area contributed by atoms with Crippen LogP contribution in [0.4, 0.5) is 0 Å². The summed E-state index contributed by atoms with van der Waals surface area (Å²) in [5.74, 6) is 0. The summed E-state index contributed by atoms with van der Waals surface area (Å²) in [4.78, 5) is 0. The number of hydrogen-bond acceptors (Lipinski definition) is 3. The molecule has 0 spiro atoms. The van der Waals surface area contributed by atoms with E-state index in [9.17, 15) is 8.42 Å². The first-order chi connectivity index (χ1) is 5.27. The zero-order valence-electron chi connectivity index (χ0n) is 7.59. The van der Waals surface area contributed by atoms with Crippen molar-refractivity contribution in [3.63, 3.8) is 0 Å². The Morgan fingerprint density at radius 3 is 2.08 bits per heavy atom. The van der Waals surface area contributed by atoms with Crippen molar-refractivity contribution in [2.75, 3.05) is 0 Å². The van der Waals surface area contributed by atoms with Gasteiger partial charge in [0.05, 0.1) is 10.8 Å². The Bertz CT molecular complexity index is 331. The summed E-state index contributed by atoms with van der Waals surface area (Å²) in [7, 11) is -3.28. The molecule has 68 valence electrons. The minimum atomic E-state index is -3.28. The second-order valence-corrected chi connectivity index (χ2v) is 7.09. The van der Waals surface area contributed by atoms with Crippen LogP contribution in [0, 0.1) is 11.3 Å². The lowest BCUT2D eigenvalue weighted by Gasteiger charge is -2.21. The van der Waals surface area contributed by atoms with E-state index < -0.39 is 19.3 Å². The predicted octanol–water partition coefficient (Wildman–Crippen LogP) is 1.26. The molecule has 0 radical (unpaired) electrons. The molecule has 0 bridgehead atoms. The summed E-state index contributed by atoms with van der Waals surface area (Å²) in [5.41, 5.74) is 0. The molecular formula is C8H13NO2S. The van der Waals surface area contributed by atoms with E-state index >= 15 is 0 Å². The van der Waals surface area contributed by atoms with Gasteiger partial charge in [-0.25, -0.2) is 8.42 Å². The zero-order chi connectivity index (χ0) is 9.62. The van der Waals surface area contributed by atoms with Gasteiger partial charge in [0, 0.05) is 0 Å². The smallest absolute Gasteiger partial charge is 0.174 e. The standard InChI is InChI=1S/C8H13NO2S/c1-7(2,6-9)12(10,11)8(3)4-5-8/h4-5H2,1-3H3. The average Bonchev–Trinajstić information content (AvgIpc) is 2.69. The number of sulfone groups is 1. The molecule has 0 aromatic carbocycles. The lowest BCUT2D eigenvalue weighted by atomic mass is 10.2. The molecule has 0 saturated heterocycles. The molecule has 1 rings (SSSR count). The van der Waals surface area contributed by atoms with Crippen LogP contribution in [0.25, 0.3) is 0 Å². The van der Waals surface area contributed by atoms with Crippen LogP contribution in [0.3, 0.4) is 0 Å². The summed E-state index contributed by atoms with van der Waals surface area (Å²) >= 11 is 0. The van der Waals surface area contributed by atoms with E-state index in [1.165, 1.54) is 13.8 Å². The van der Waals surface area contributed by atoms with Crippen molar-refractivity contribution in [2.24, 2.45) is 0 Å². The minimum Gasteiger partial charge on any atom is -0.227 e. The van der Waals surface area contributed by atoms with Gasteiger partial charge < -0.3 is 0 Å². The molecule has 1 saturated carbocycles. The first-order valence-electron chi connectivity index (χ1n) is 3.92. The van der Waals surface area contributed by atoms with E-state index in [1.807, 2.05) is 6.07 Å². The number of hydrogen-bond donors (Lipinski definition) is 0. The van der Waals surface area contributed by atoms with Crippen molar-refractivity contribution in [3.05, 3.63) is 0 Å². The second kappa shape index (κ2) is 2.23. The van der Waals surface area contributed by atoms with Crippen LogP contribution < -0.4 is 0 Å². The molecule has 1 fully saturated rings. The van der Waals surface area contributed by atoms with Crippen LogP contribution in [-0.4, -0.2) is 17.9 Å². The van der Waals surface area contributed by atoms with Crippen molar-refractivity contribution in [1.82, 2.24) is 0 Å². The highest BCUT2D eigenvalue weighted by Crippen LogP contribution is 2.47. The molecule has 0 N–H and O–H groups in total. The Hall–Kier alpha value is -0.560. The van der Waals surface area contributed by atoms with E-state index in [2.05, 4.69) is 0 Å². The van der Waals surface area contributed by atoms with Crippen molar-refractivity contribution >= 4 is 9.84 Å². The van der Waals surface area contributed by atoms with Crippen LogP contribution in [0.1, 0.15) is 33.6 Å². The molecule has 1 aliphatic rings. The molecule has 0 aromatic rings. The maximum atomic E-state index is 11.7. The predicted molar refractivity (Wildman–Crippen MR) is 46.3 cm³/mol. The van der Waals surface area contributed by atoms with E-state index in [0.717, 1.165) is 0 Å². The fourth-order valence-electron chi connectivity index (χ4n) is 1.12. The maximum absolute atomic E-state index is 11.7. The number of rotatable bonds is 2. The molecule has 12 heavy (non-hydrogen) atoms. The van der Waals surface area contributed by atoms with E-state index in [1.54, 1.807) is 6.92 Å². The van der Waals surface area contributed by atoms with Crippen molar-refractivity contribution in [1.29, 1.82) is 5.26 Å². The molecule has 4 heteroatoms. The highest BCUT2D eigenvalue weighted by molar-refractivity contribution is 7.94. The normalized spacial score (nSPS) is 21.5. The Morgan fingerprint density at radius 2 is 1.83 bits per heavy atom. The van der Waals surface area contributed by atoms with Crippen LogP contribution in [0.2, 0.25) is 0 Å². The van der Waals surface area contributed by atoms with Gasteiger partial charge in [-0.3, -0.25) is 0 Å². The van der Waals surface area contributed by atoms with E-state index in [-0.39, 0.29) is 0 Å². The number of nitriles is 1. The summed E-state index contributed by atoms with van der Waals surface area (Å²) in [6.45, 7) is 4.64. The van der Waals surface area contributed by atoms with E-state index in [4.69, 9.17) is 5.26 Å². The average molecular weight is 187 g/mol.